The molecular weight excluding hydrogens is 169 g/mol. The van der Waals surface area contributed by atoms with Crippen molar-refractivity contribution in [1.29, 1.82) is 0 Å². The highest BCUT2D eigenvalue weighted by Crippen LogP contribution is 2.24. The number of rotatable bonds is 1. The lowest BCUT2D eigenvalue weighted by Crippen LogP contribution is -2.12. The van der Waals surface area contributed by atoms with E-state index in [0.717, 1.165) is 17.5 Å². The molecule has 1 unspecified atom stereocenters. The summed E-state index contributed by atoms with van der Waals surface area (Å²) in [6.07, 6.45) is 0.907. The number of hydrogen-bond acceptors (Lipinski definition) is 2. The molecule has 3 heteroatoms. The van der Waals surface area contributed by atoms with E-state index >= 15 is 0 Å². The van der Waals surface area contributed by atoms with Gasteiger partial charge >= 0.3 is 0 Å². The van der Waals surface area contributed by atoms with Crippen LogP contribution in [0.1, 0.15) is 23.6 Å². The summed E-state index contributed by atoms with van der Waals surface area (Å²) in [6.45, 7) is 2.68. The molecule has 1 N–H and O–H groups in total. The summed E-state index contributed by atoms with van der Waals surface area (Å²) >= 11 is 0. The first-order valence-corrected chi connectivity index (χ1v) is 4.41. The maximum Gasteiger partial charge on any atom is 0.123 e. The van der Waals surface area contributed by atoms with Gasteiger partial charge in [0.1, 0.15) is 5.82 Å². The lowest BCUT2D eigenvalue weighted by molar-refractivity contribution is 0.0881. The van der Waals surface area contributed by atoms with Crippen LogP contribution >= 0.6 is 0 Å². The van der Waals surface area contributed by atoms with Gasteiger partial charge in [0.25, 0.3) is 0 Å². The largest absolute Gasteiger partial charge is 0.301 e. The molecule has 1 aliphatic rings. The second kappa shape index (κ2) is 3.44. The summed E-state index contributed by atoms with van der Waals surface area (Å²) in [5.74, 6) is -0.186. The number of hydrogen-bond donors (Lipinski definition) is 1. The minimum atomic E-state index is -0.186. The van der Waals surface area contributed by atoms with Crippen LogP contribution < -0.4 is 5.48 Å². The predicted molar refractivity (Wildman–Crippen MR) is 47.6 cm³/mol. The van der Waals surface area contributed by atoms with E-state index in [1.807, 2.05) is 6.92 Å². The molecule has 1 aromatic rings. The third kappa shape index (κ3) is 1.71. The van der Waals surface area contributed by atoms with Crippen molar-refractivity contribution >= 4 is 0 Å². The summed E-state index contributed by atoms with van der Waals surface area (Å²) in [5, 5.41) is 0. The van der Waals surface area contributed by atoms with Gasteiger partial charge in [0, 0.05) is 0 Å². The fourth-order valence-corrected chi connectivity index (χ4v) is 1.60. The molecule has 1 aliphatic heterocycles. The van der Waals surface area contributed by atoms with Crippen LogP contribution in [0, 0.1) is 12.7 Å². The molecular formula is C10H12FNO. The van der Waals surface area contributed by atoms with E-state index in [9.17, 15) is 4.39 Å². The topological polar surface area (TPSA) is 21.3 Å². The lowest BCUT2D eigenvalue weighted by atomic mass is 10.0. The fourth-order valence-electron chi connectivity index (χ4n) is 1.60. The average molecular weight is 181 g/mol. The van der Waals surface area contributed by atoms with Gasteiger partial charge in [-0.3, -0.25) is 0 Å². The zero-order valence-corrected chi connectivity index (χ0v) is 7.51. The fraction of sp³-hybridized carbons (Fsp3) is 0.400. The second-order valence-electron chi connectivity index (χ2n) is 3.31. The predicted octanol–water partition coefficient (Wildman–Crippen LogP) is 2.10. The molecule has 0 amide bonds. The molecule has 1 aromatic carbocycles. The Bertz CT molecular complexity index is 308. The van der Waals surface area contributed by atoms with Crippen LogP contribution in [0.2, 0.25) is 0 Å². The van der Waals surface area contributed by atoms with Gasteiger partial charge < -0.3 is 4.84 Å². The molecule has 70 valence electrons. The van der Waals surface area contributed by atoms with E-state index in [1.54, 1.807) is 12.1 Å². The van der Waals surface area contributed by atoms with E-state index in [0.29, 0.717) is 6.61 Å². The standard InChI is InChI=1S/C10H12FNO/c1-7-2-3-8(11)6-9(7)10-4-5-13-12-10/h2-3,6,10,12H,4-5H2,1H3. The molecule has 1 atom stereocenters. The third-order valence-corrected chi connectivity index (χ3v) is 2.35. The highest BCUT2D eigenvalue weighted by molar-refractivity contribution is 5.29. The Balaban J connectivity index is 2.32. The highest BCUT2D eigenvalue weighted by Gasteiger charge is 2.19. The first-order valence-electron chi connectivity index (χ1n) is 4.41. The Labute approximate surface area is 76.7 Å². The number of halogens is 1. The molecule has 0 aliphatic carbocycles. The van der Waals surface area contributed by atoms with Gasteiger partial charge in [-0.25, -0.2) is 4.39 Å². The summed E-state index contributed by atoms with van der Waals surface area (Å²) in [4.78, 5) is 5.03. The van der Waals surface area contributed by atoms with Gasteiger partial charge in [-0.1, -0.05) is 6.07 Å². The van der Waals surface area contributed by atoms with E-state index in [4.69, 9.17) is 4.84 Å². The molecule has 1 saturated heterocycles. The van der Waals surface area contributed by atoms with E-state index in [-0.39, 0.29) is 11.9 Å². The lowest BCUT2D eigenvalue weighted by Gasteiger charge is -2.11. The normalized spacial score (nSPS) is 22.2. The van der Waals surface area contributed by atoms with Gasteiger partial charge in [0.15, 0.2) is 0 Å². The zero-order valence-electron chi connectivity index (χ0n) is 7.51. The van der Waals surface area contributed by atoms with Gasteiger partial charge in [-0.15, -0.1) is 0 Å². The van der Waals surface area contributed by atoms with Crippen molar-refractivity contribution in [3.8, 4) is 0 Å². The summed E-state index contributed by atoms with van der Waals surface area (Å²) in [5.41, 5.74) is 4.97. The third-order valence-electron chi connectivity index (χ3n) is 2.35. The number of aryl methyl sites for hydroxylation is 1. The van der Waals surface area contributed by atoms with Gasteiger partial charge in [-0.05, 0) is 36.6 Å². The molecule has 13 heavy (non-hydrogen) atoms. The molecule has 0 saturated carbocycles. The van der Waals surface area contributed by atoms with Crippen molar-refractivity contribution in [2.24, 2.45) is 0 Å². The van der Waals surface area contributed by atoms with Crippen molar-refractivity contribution in [3.05, 3.63) is 35.1 Å². The van der Waals surface area contributed by atoms with Crippen molar-refractivity contribution in [2.45, 2.75) is 19.4 Å². The van der Waals surface area contributed by atoms with Crippen LogP contribution in [-0.4, -0.2) is 6.61 Å². The Morgan fingerprint density at radius 3 is 3.08 bits per heavy atom. The molecule has 2 rings (SSSR count). The Kier molecular flexibility index (Phi) is 2.29. The van der Waals surface area contributed by atoms with Crippen molar-refractivity contribution in [2.75, 3.05) is 6.61 Å². The molecule has 1 fully saturated rings. The van der Waals surface area contributed by atoms with E-state index < -0.39 is 0 Å². The molecule has 0 radical (unpaired) electrons. The first-order chi connectivity index (χ1) is 6.27. The van der Waals surface area contributed by atoms with Crippen LogP contribution in [0.3, 0.4) is 0 Å². The maximum absolute atomic E-state index is 12.9. The van der Waals surface area contributed by atoms with Crippen LogP contribution in [0.5, 0.6) is 0 Å². The van der Waals surface area contributed by atoms with Crippen molar-refractivity contribution < 1.29 is 9.23 Å². The zero-order chi connectivity index (χ0) is 9.26. The van der Waals surface area contributed by atoms with E-state index in [1.165, 1.54) is 6.07 Å². The van der Waals surface area contributed by atoms with Gasteiger partial charge in [-0.2, -0.15) is 5.48 Å². The van der Waals surface area contributed by atoms with Gasteiger partial charge in [0.2, 0.25) is 0 Å². The number of nitrogens with one attached hydrogen (secondary N) is 1. The SMILES string of the molecule is Cc1ccc(F)cc1C1CCON1. The summed E-state index contributed by atoms with van der Waals surface area (Å²) in [7, 11) is 0. The highest BCUT2D eigenvalue weighted by atomic mass is 19.1. The number of benzene rings is 1. The van der Waals surface area contributed by atoms with Gasteiger partial charge in [0.05, 0.1) is 12.6 Å². The van der Waals surface area contributed by atoms with Crippen LogP contribution in [-0.2, 0) is 4.84 Å². The molecule has 2 nitrogen and oxygen atoms in total. The smallest absolute Gasteiger partial charge is 0.123 e. The molecule has 0 aromatic heterocycles. The van der Waals surface area contributed by atoms with Crippen LogP contribution in [0.4, 0.5) is 4.39 Å². The molecule has 1 heterocycles. The molecule has 0 bridgehead atoms. The first kappa shape index (κ1) is 8.66. The van der Waals surface area contributed by atoms with Crippen molar-refractivity contribution in [3.63, 3.8) is 0 Å². The minimum Gasteiger partial charge on any atom is -0.301 e. The molecule has 0 spiro atoms. The average Bonchev–Trinajstić information content (AvgIpc) is 2.61. The Hall–Kier alpha value is -0.930. The Morgan fingerprint density at radius 2 is 2.38 bits per heavy atom. The monoisotopic (exact) mass is 181 g/mol. The van der Waals surface area contributed by atoms with E-state index in [2.05, 4.69) is 5.48 Å². The van der Waals surface area contributed by atoms with Crippen LogP contribution in [0.15, 0.2) is 18.2 Å². The Morgan fingerprint density at radius 1 is 1.54 bits per heavy atom. The van der Waals surface area contributed by atoms with Crippen molar-refractivity contribution in [1.82, 2.24) is 5.48 Å². The number of hydroxylamine groups is 1. The maximum atomic E-state index is 12.9. The second-order valence-corrected chi connectivity index (χ2v) is 3.31. The quantitative estimate of drug-likeness (QED) is 0.716. The summed E-state index contributed by atoms with van der Waals surface area (Å²) in [6, 6.07) is 5.00. The summed E-state index contributed by atoms with van der Waals surface area (Å²) < 4.78 is 12.9. The minimum absolute atomic E-state index is 0.149. The van der Waals surface area contributed by atoms with Crippen LogP contribution in [0.25, 0.3) is 0 Å².